The van der Waals surface area contributed by atoms with Gasteiger partial charge in [0, 0.05) is 6.42 Å². The van der Waals surface area contributed by atoms with Gasteiger partial charge in [0.25, 0.3) is 0 Å². The van der Waals surface area contributed by atoms with Crippen molar-refractivity contribution in [2.24, 2.45) is 0 Å². The third-order valence-corrected chi connectivity index (χ3v) is 2.86. The molecule has 0 fully saturated rings. The van der Waals surface area contributed by atoms with Crippen LogP contribution < -0.4 is 5.73 Å². The third-order valence-electron chi connectivity index (χ3n) is 2.86. The highest BCUT2D eigenvalue weighted by Crippen LogP contribution is 2.30. The molecule has 0 spiro atoms. The summed E-state index contributed by atoms with van der Waals surface area (Å²) in [6.45, 7) is 2.19. The van der Waals surface area contributed by atoms with Crippen molar-refractivity contribution < 1.29 is 4.52 Å². The number of hydrogen-bond acceptors (Lipinski definition) is 3. The Bertz CT molecular complexity index is 462. The van der Waals surface area contributed by atoms with Crippen LogP contribution in [0.5, 0.6) is 0 Å². The number of aryl methyl sites for hydroxylation is 1. The number of nitrogens with zero attached hydrogens (tertiary/aromatic N) is 1. The molecule has 2 N–H and O–H groups in total. The van der Waals surface area contributed by atoms with E-state index in [9.17, 15) is 0 Å². The lowest BCUT2D eigenvalue weighted by molar-refractivity contribution is 0.382. The summed E-state index contributed by atoms with van der Waals surface area (Å²) in [5.41, 5.74) is 7.91. The van der Waals surface area contributed by atoms with Gasteiger partial charge in [-0.05, 0) is 12.0 Å². The topological polar surface area (TPSA) is 52.0 Å². The van der Waals surface area contributed by atoms with Crippen molar-refractivity contribution in [3.63, 3.8) is 0 Å². The summed E-state index contributed by atoms with van der Waals surface area (Å²) in [5, 5.41) is 3.87. The molecule has 90 valence electrons. The van der Waals surface area contributed by atoms with Gasteiger partial charge in [-0.15, -0.1) is 0 Å². The van der Waals surface area contributed by atoms with Crippen LogP contribution in [0.2, 0.25) is 0 Å². The van der Waals surface area contributed by atoms with Crippen LogP contribution in [0.25, 0.3) is 11.1 Å². The Morgan fingerprint density at radius 3 is 2.65 bits per heavy atom. The van der Waals surface area contributed by atoms with Gasteiger partial charge >= 0.3 is 0 Å². The Kier molecular flexibility index (Phi) is 3.81. The van der Waals surface area contributed by atoms with Gasteiger partial charge in [-0.3, -0.25) is 0 Å². The highest BCUT2D eigenvalue weighted by molar-refractivity contribution is 5.75. The summed E-state index contributed by atoms with van der Waals surface area (Å²) < 4.78 is 5.32. The Labute approximate surface area is 102 Å². The Balaban J connectivity index is 2.24. The maximum Gasteiger partial charge on any atom is 0.175 e. The van der Waals surface area contributed by atoms with Gasteiger partial charge in [0.15, 0.2) is 5.82 Å². The van der Waals surface area contributed by atoms with Crippen LogP contribution in [0.1, 0.15) is 31.9 Å². The van der Waals surface area contributed by atoms with E-state index < -0.39 is 0 Å². The minimum absolute atomic E-state index is 0.489. The standard InChI is InChI=1S/C14H18N2O/c1-2-3-5-10-12-13(14(15)16-17-12)11-8-6-4-7-9-11/h4,6-9H,2-3,5,10H2,1H3,(H2,15,16). The predicted molar refractivity (Wildman–Crippen MR) is 69.6 cm³/mol. The molecule has 0 aliphatic carbocycles. The van der Waals surface area contributed by atoms with Crippen LogP contribution in [0.15, 0.2) is 34.9 Å². The number of nitrogen functional groups attached to an aromatic ring is 1. The molecule has 0 saturated heterocycles. The van der Waals surface area contributed by atoms with E-state index in [4.69, 9.17) is 10.3 Å². The molecule has 3 nitrogen and oxygen atoms in total. The first-order valence-corrected chi connectivity index (χ1v) is 6.12. The van der Waals surface area contributed by atoms with E-state index in [1.165, 1.54) is 12.8 Å². The molecule has 0 unspecified atom stereocenters. The van der Waals surface area contributed by atoms with E-state index >= 15 is 0 Å². The minimum Gasteiger partial charge on any atom is -0.380 e. The maximum atomic E-state index is 5.87. The molecule has 0 aliphatic heterocycles. The van der Waals surface area contributed by atoms with Crippen molar-refractivity contribution in [1.29, 1.82) is 0 Å². The van der Waals surface area contributed by atoms with Gasteiger partial charge in [0.05, 0.1) is 5.56 Å². The van der Waals surface area contributed by atoms with Crippen molar-refractivity contribution in [2.75, 3.05) is 5.73 Å². The molecule has 2 rings (SSSR count). The molecule has 0 amide bonds. The highest BCUT2D eigenvalue weighted by Gasteiger charge is 2.14. The fraction of sp³-hybridized carbons (Fsp3) is 0.357. The molecular weight excluding hydrogens is 212 g/mol. The lowest BCUT2D eigenvalue weighted by atomic mass is 10.0. The Hall–Kier alpha value is -1.77. The summed E-state index contributed by atoms with van der Waals surface area (Å²) in [5.74, 6) is 1.39. The fourth-order valence-electron chi connectivity index (χ4n) is 1.96. The Morgan fingerprint density at radius 2 is 1.94 bits per heavy atom. The number of nitrogens with two attached hydrogens (primary N) is 1. The molecule has 2 aromatic rings. The summed E-state index contributed by atoms with van der Waals surface area (Å²) in [6.07, 6.45) is 4.42. The smallest absolute Gasteiger partial charge is 0.175 e. The molecule has 1 heterocycles. The van der Waals surface area contributed by atoms with Gasteiger partial charge in [-0.2, -0.15) is 0 Å². The normalized spacial score (nSPS) is 10.6. The number of rotatable bonds is 5. The average molecular weight is 230 g/mol. The van der Waals surface area contributed by atoms with E-state index in [2.05, 4.69) is 12.1 Å². The van der Waals surface area contributed by atoms with E-state index in [1.807, 2.05) is 30.3 Å². The molecule has 0 bridgehead atoms. The van der Waals surface area contributed by atoms with Crippen LogP contribution in [0.3, 0.4) is 0 Å². The van der Waals surface area contributed by atoms with Gasteiger partial charge in [-0.1, -0.05) is 55.3 Å². The number of hydrogen-bond donors (Lipinski definition) is 1. The number of benzene rings is 1. The first kappa shape index (κ1) is 11.7. The quantitative estimate of drug-likeness (QED) is 0.797. The lowest BCUT2D eigenvalue weighted by Gasteiger charge is -2.01. The van der Waals surface area contributed by atoms with E-state index in [0.717, 1.165) is 29.7 Å². The van der Waals surface area contributed by atoms with Crippen LogP contribution >= 0.6 is 0 Å². The molecule has 0 aliphatic rings. The molecule has 0 radical (unpaired) electrons. The average Bonchev–Trinajstić information content (AvgIpc) is 2.72. The van der Waals surface area contributed by atoms with Gasteiger partial charge in [0.1, 0.15) is 5.76 Å². The second-order valence-corrected chi connectivity index (χ2v) is 4.19. The number of anilines is 1. The van der Waals surface area contributed by atoms with E-state index in [1.54, 1.807) is 0 Å². The minimum atomic E-state index is 0.489. The van der Waals surface area contributed by atoms with Crippen molar-refractivity contribution in [3.05, 3.63) is 36.1 Å². The molecule has 1 aromatic carbocycles. The molecule has 3 heteroatoms. The lowest BCUT2D eigenvalue weighted by Crippen LogP contribution is -1.91. The van der Waals surface area contributed by atoms with Crippen LogP contribution in [-0.4, -0.2) is 5.16 Å². The van der Waals surface area contributed by atoms with Crippen LogP contribution in [0, 0.1) is 0 Å². The van der Waals surface area contributed by atoms with Crippen molar-refractivity contribution in [3.8, 4) is 11.1 Å². The highest BCUT2D eigenvalue weighted by atomic mass is 16.5. The molecular formula is C14H18N2O. The SMILES string of the molecule is CCCCCc1onc(N)c1-c1ccccc1. The monoisotopic (exact) mass is 230 g/mol. The summed E-state index contributed by atoms with van der Waals surface area (Å²) in [4.78, 5) is 0. The van der Waals surface area contributed by atoms with Crippen LogP contribution in [0.4, 0.5) is 5.82 Å². The second-order valence-electron chi connectivity index (χ2n) is 4.19. The van der Waals surface area contributed by atoms with Gasteiger partial charge < -0.3 is 10.3 Å². The zero-order valence-corrected chi connectivity index (χ0v) is 10.1. The predicted octanol–water partition coefficient (Wildman–Crippen LogP) is 3.66. The van der Waals surface area contributed by atoms with E-state index in [0.29, 0.717) is 5.82 Å². The number of unbranched alkanes of at least 4 members (excludes halogenated alkanes) is 2. The zero-order valence-electron chi connectivity index (χ0n) is 10.1. The third kappa shape index (κ3) is 2.67. The van der Waals surface area contributed by atoms with Crippen molar-refractivity contribution >= 4 is 5.82 Å². The first-order valence-electron chi connectivity index (χ1n) is 6.12. The van der Waals surface area contributed by atoms with Crippen LogP contribution in [-0.2, 0) is 6.42 Å². The second kappa shape index (κ2) is 5.53. The zero-order chi connectivity index (χ0) is 12.1. The summed E-state index contributed by atoms with van der Waals surface area (Å²) in [7, 11) is 0. The summed E-state index contributed by atoms with van der Waals surface area (Å²) in [6, 6.07) is 10.1. The van der Waals surface area contributed by atoms with E-state index in [-0.39, 0.29) is 0 Å². The van der Waals surface area contributed by atoms with Crippen molar-refractivity contribution in [1.82, 2.24) is 5.16 Å². The maximum absolute atomic E-state index is 5.87. The molecule has 17 heavy (non-hydrogen) atoms. The van der Waals surface area contributed by atoms with Gasteiger partial charge in [-0.25, -0.2) is 0 Å². The van der Waals surface area contributed by atoms with Gasteiger partial charge in [0.2, 0.25) is 0 Å². The fourth-order valence-corrected chi connectivity index (χ4v) is 1.96. The Morgan fingerprint density at radius 1 is 1.18 bits per heavy atom. The summed E-state index contributed by atoms with van der Waals surface area (Å²) >= 11 is 0. The number of aromatic nitrogens is 1. The molecule has 1 aromatic heterocycles. The molecule has 0 atom stereocenters. The van der Waals surface area contributed by atoms with Crippen molar-refractivity contribution in [2.45, 2.75) is 32.6 Å². The largest absolute Gasteiger partial charge is 0.380 e. The molecule has 0 saturated carbocycles. The first-order chi connectivity index (χ1) is 8.33.